The van der Waals surface area contributed by atoms with Crippen molar-refractivity contribution in [2.75, 3.05) is 0 Å². The maximum absolute atomic E-state index is 6.10. The molecule has 0 saturated carbocycles. The Morgan fingerprint density at radius 1 is 1.05 bits per heavy atom. The van der Waals surface area contributed by atoms with Crippen molar-refractivity contribution in [3.8, 4) is 5.75 Å². The zero-order valence-electron chi connectivity index (χ0n) is 11.6. The minimum atomic E-state index is 0.438. The quantitative estimate of drug-likeness (QED) is 0.679. The van der Waals surface area contributed by atoms with E-state index in [0.29, 0.717) is 11.6 Å². The van der Waals surface area contributed by atoms with Crippen molar-refractivity contribution in [1.29, 1.82) is 0 Å². The van der Waals surface area contributed by atoms with Crippen LogP contribution in [0, 0.1) is 0 Å². The van der Waals surface area contributed by atoms with Gasteiger partial charge in [0.25, 0.3) is 0 Å². The molecule has 0 aliphatic rings. The van der Waals surface area contributed by atoms with Gasteiger partial charge < -0.3 is 4.74 Å². The molecule has 0 aliphatic heterocycles. The summed E-state index contributed by atoms with van der Waals surface area (Å²) >= 11 is 6.10. The predicted molar refractivity (Wildman–Crippen MR) is 85.2 cm³/mol. The van der Waals surface area contributed by atoms with Gasteiger partial charge in [-0.3, -0.25) is 0 Å². The van der Waals surface area contributed by atoms with Crippen LogP contribution in [0.1, 0.15) is 11.1 Å². The second-order valence-electron chi connectivity index (χ2n) is 4.54. The number of hydrogen-bond donors (Lipinski definition) is 0. The highest BCUT2D eigenvalue weighted by molar-refractivity contribution is 6.31. The molecule has 0 aliphatic carbocycles. The molecule has 0 fully saturated rings. The first kappa shape index (κ1) is 14.3. The Hall–Kier alpha value is -2.66. The van der Waals surface area contributed by atoms with Gasteiger partial charge in [-0.2, -0.15) is 5.10 Å². The van der Waals surface area contributed by atoms with Gasteiger partial charge in [-0.1, -0.05) is 29.8 Å². The summed E-state index contributed by atoms with van der Waals surface area (Å²) in [7, 11) is 0. The van der Waals surface area contributed by atoms with Crippen LogP contribution in [0.5, 0.6) is 5.75 Å². The van der Waals surface area contributed by atoms with E-state index >= 15 is 0 Å². The summed E-state index contributed by atoms with van der Waals surface area (Å²) < 4.78 is 7.25. The molecule has 6 heteroatoms. The van der Waals surface area contributed by atoms with E-state index in [1.165, 1.54) is 17.3 Å². The van der Waals surface area contributed by atoms with Crippen molar-refractivity contribution in [3.63, 3.8) is 0 Å². The third-order valence-electron chi connectivity index (χ3n) is 2.98. The number of benzene rings is 2. The van der Waals surface area contributed by atoms with Gasteiger partial charge in [0.2, 0.25) is 0 Å². The van der Waals surface area contributed by atoms with E-state index in [1.54, 1.807) is 6.21 Å². The van der Waals surface area contributed by atoms with Crippen molar-refractivity contribution < 1.29 is 4.74 Å². The highest BCUT2D eigenvalue weighted by Crippen LogP contribution is 2.18. The highest BCUT2D eigenvalue weighted by atomic mass is 35.5. The fourth-order valence-electron chi connectivity index (χ4n) is 1.81. The lowest BCUT2D eigenvalue weighted by Gasteiger charge is -2.07. The van der Waals surface area contributed by atoms with Crippen molar-refractivity contribution in [1.82, 2.24) is 14.9 Å². The summed E-state index contributed by atoms with van der Waals surface area (Å²) in [5, 5.41) is 12.2. The summed E-state index contributed by atoms with van der Waals surface area (Å²) in [6.45, 7) is 0.438. The molecule has 1 aromatic heterocycles. The summed E-state index contributed by atoms with van der Waals surface area (Å²) in [5.41, 5.74) is 1.92. The Kier molecular flexibility index (Phi) is 4.46. The second kappa shape index (κ2) is 6.87. The lowest BCUT2D eigenvalue weighted by molar-refractivity contribution is 0.306. The molecular weight excluding hydrogens is 300 g/mol. The standard InChI is InChI=1S/C16H13ClN4O/c17-16-4-2-1-3-14(16)10-22-15-7-5-13(6-8-15)9-20-21-11-18-19-12-21/h1-9,11-12H,10H2/b20-9-. The van der Waals surface area contributed by atoms with Gasteiger partial charge in [0, 0.05) is 10.6 Å². The Morgan fingerprint density at radius 3 is 2.50 bits per heavy atom. The van der Waals surface area contributed by atoms with Gasteiger partial charge in [0.15, 0.2) is 0 Å². The lowest BCUT2D eigenvalue weighted by atomic mass is 10.2. The van der Waals surface area contributed by atoms with Gasteiger partial charge in [-0.25, -0.2) is 4.68 Å². The second-order valence-corrected chi connectivity index (χ2v) is 4.94. The first-order chi connectivity index (χ1) is 10.8. The van der Waals surface area contributed by atoms with Crippen molar-refractivity contribution in [2.24, 2.45) is 5.10 Å². The average Bonchev–Trinajstić information content (AvgIpc) is 3.07. The fourth-order valence-corrected chi connectivity index (χ4v) is 2.01. The molecule has 3 rings (SSSR count). The highest BCUT2D eigenvalue weighted by Gasteiger charge is 2.00. The summed E-state index contributed by atoms with van der Waals surface area (Å²) in [4.78, 5) is 0. The van der Waals surface area contributed by atoms with E-state index in [4.69, 9.17) is 16.3 Å². The van der Waals surface area contributed by atoms with Gasteiger partial charge >= 0.3 is 0 Å². The van der Waals surface area contributed by atoms with Crippen LogP contribution in [0.3, 0.4) is 0 Å². The third kappa shape index (κ3) is 3.71. The van der Waals surface area contributed by atoms with Crippen molar-refractivity contribution >= 4 is 17.8 Å². The van der Waals surface area contributed by atoms with Crippen LogP contribution < -0.4 is 4.74 Å². The topological polar surface area (TPSA) is 52.3 Å². The van der Waals surface area contributed by atoms with E-state index in [0.717, 1.165) is 16.9 Å². The molecule has 0 unspecified atom stereocenters. The van der Waals surface area contributed by atoms with Crippen LogP contribution in [0.2, 0.25) is 5.02 Å². The van der Waals surface area contributed by atoms with Gasteiger partial charge in [0.05, 0.1) is 6.21 Å². The lowest BCUT2D eigenvalue weighted by Crippen LogP contribution is -1.96. The van der Waals surface area contributed by atoms with Crippen molar-refractivity contribution in [3.05, 3.63) is 77.3 Å². The normalized spacial score (nSPS) is 11.0. The molecule has 0 N–H and O–H groups in total. The maximum Gasteiger partial charge on any atom is 0.141 e. The zero-order chi connectivity index (χ0) is 15.2. The largest absolute Gasteiger partial charge is 0.489 e. The Balaban J connectivity index is 1.61. The molecule has 0 bridgehead atoms. The van der Waals surface area contributed by atoms with Crippen molar-refractivity contribution in [2.45, 2.75) is 6.61 Å². The van der Waals surface area contributed by atoms with Crippen LogP contribution in [-0.4, -0.2) is 21.1 Å². The summed E-state index contributed by atoms with van der Waals surface area (Å²) in [6, 6.07) is 15.3. The zero-order valence-corrected chi connectivity index (χ0v) is 12.4. The number of aromatic nitrogens is 3. The SMILES string of the molecule is Clc1ccccc1COc1ccc(/C=N\n2cnnc2)cc1. The Bertz CT molecular complexity index is 754. The smallest absolute Gasteiger partial charge is 0.141 e. The minimum absolute atomic E-state index is 0.438. The molecular formula is C16H13ClN4O. The molecule has 22 heavy (non-hydrogen) atoms. The summed E-state index contributed by atoms with van der Waals surface area (Å²) in [5.74, 6) is 0.779. The van der Waals surface area contributed by atoms with E-state index in [2.05, 4.69) is 15.3 Å². The Morgan fingerprint density at radius 2 is 1.77 bits per heavy atom. The minimum Gasteiger partial charge on any atom is -0.489 e. The van der Waals surface area contributed by atoms with Crippen LogP contribution in [0.25, 0.3) is 0 Å². The first-order valence-electron chi connectivity index (χ1n) is 6.66. The first-order valence-corrected chi connectivity index (χ1v) is 7.04. The van der Waals surface area contributed by atoms with Crippen LogP contribution in [-0.2, 0) is 6.61 Å². The van der Waals surface area contributed by atoms with Crippen LogP contribution >= 0.6 is 11.6 Å². The molecule has 110 valence electrons. The van der Waals surface area contributed by atoms with E-state index in [9.17, 15) is 0 Å². The monoisotopic (exact) mass is 312 g/mol. The fraction of sp³-hybridized carbons (Fsp3) is 0.0625. The third-order valence-corrected chi connectivity index (χ3v) is 3.35. The van der Waals surface area contributed by atoms with Crippen LogP contribution in [0.4, 0.5) is 0 Å². The van der Waals surface area contributed by atoms with Gasteiger partial charge in [-0.15, -0.1) is 10.2 Å². The molecule has 3 aromatic rings. The maximum atomic E-state index is 6.10. The van der Waals surface area contributed by atoms with Crippen LogP contribution in [0.15, 0.2) is 66.3 Å². The number of ether oxygens (including phenoxy) is 1. The number of halogens is 1. The van der Waals surface area contributed by atoms with E-state index in [1.807, 2.05) is 48.5 Å². The molecule has 2 aromatic carbocycles. The number of rotatable bonds is 5. The molecule has 0 saturated heterocycles. The average molecular weight is 313 g/mol. The number of nitrogens with zero attached hydrogens (tertiary/aromatic N) is 4. The molecule has 0 radical (unpaired) electrons. The molecule has 0 amide bonds. The molecule has 0 atom stereocenters. The summed E-state index contributed by atoms with van der Waals surface area (Å²) in [6.07, 6.45) is 4.77. The predicted octanol–water partition coefficient (Wildman–Crippen LogP) is 3.39. The number of hydrogen-bond acceptors (Lipinski definition) is 4. The molecule has 1 heterocycles. The molecule has 0 spiro atoms. The van der Waals surface area contributed by atoms with Gasteiger partial charge in [0.1, 0.15) is 25.0 Å². The Labute approximate surface area is 132 Å². The van der Waals surface area contributed by atoms with E-state index < -0.39 is 0 Å². The molecule has 5 nitrogen and oxygen atoms in total. The van der Waals surface area contributed by atoms with Gasteiger partial charge in [-0.05, 0) is 35.9 Å². The van der Waals surface area contributed by atoms with E-state index in [-0.39, 0.29) is 0 Å².